The smallest absolute Gasteiger partial charge is 0.240 e. The van der Waals surface area contributed by atoms with Gasteiger partial charge in [0.05, 0.1) is 4.90 Å². The molecule has 0 radical (unpaired) electrons. The van der Waals surface area contributed by atoms with Gasteiger partial charge in [0.15, 0.2) is 5.78 Å². The van der Waals surface area contributed by atoms with Crippen molar-refractivity contribution in [3.8, 4) is 0 Å². The third-order valence-corrected chi connectivity index (χ3v) is 5.92. The quantitative estimate of drug-likeness (QED) is 0.658. The third kappa shape index (κ3) is 5.60. The summed E-state index contributed by atoms with van der Waals surface area (Å²) in [6.07, 6.45) is -0.104. The molecule has 6 nitrogen and oxygen atoms in total. The van der Waals surface area contributed by atoms with Crippen molar-refractivity contribution >= 4 is 33.3 Å². The van der Waals surface area contributed by atoms with E-state index in [4.69, 9.17) is 11.6 Å². The zero-order valence-electron chi connectivity index (χ0n) is 15.4. The summed E-state index contributed by atoms with van der Waals surface area (Å²) >= 11 is 5.95. The number of nitrogens with zero attached hydrogens (tertiary/aromatic N) is 1. The van der Waals surface area contributed by atoms with Crippen molar-refractivity contribution in [3.05, 3.63) is 64.4 Å². The summed E-state index contributed by atoms with van der Waals surface area (Å²) < 4.78 is 40.7. The van der Waals surface area contributed by atoms with Gasteiger partial charge in [-0.25, -0.2) is 17.5 Å². The molecule has 0 aliphatic heterocycles. The predicted octanol–water partition coefficient (Wildman–Crippen LogP) is 3.01. The minimum Gasteiger partial charge on any atom is -0.341 e. The van der Waals surface area contributed by atoms with Crippen LogP contribution in [-0.4, -0.2) is 38.6 Å². The van der Waals surface area contributed by atoms with Crippen LogP contribution in [0.3, 0.4) is 0 Å². The van der Waals surface area contributed by atoms with Gasteiger partial charge in [-0.15, -0.1) is 0 Å². The molecule has 0 saturated heterocycles. The molecule has 1 amide bonds. The van der Waals surface area contributed by atoms with Crippen molar-refractivity contribution in [1.82, 2.24) is 9.62 Å². The van der Waals surface area contributed by atoms with Crippen LogP contribution in [0, 0.1) is 5.82 Å². The summed E-state index contributed by atoms with van der Waals surface area (Å²) in [5.41, 5.74) is 0.605. The van der Waals surface area contributed by atoms with Crippen LogP contribution < -0.4 is 4.72 Å². The lowest BCUT2D eigenvalue weighted by Gasteiger charge is -2.18. The Morgan fingerprint density at radius 3 is 2.36 bits per heavy atom. The van der Waals surface area contributed by atoms with Crippen LogP contribution in [0.2, 0.25) is 5.02 Å². The first-order chi connectivity index (χ1) is 13.1. The van der Waals surface area contributed by atoms with E-state index in [1.54, 1.807) is 0 Å². The van der Waals surface area contributed by atoms with E-state index in [1.165, 1.54) is 61.3 Å². The fourth-order valence-electron chi connectivity index (χ4n) is 2.44. The summed E-state index contributed by atoms with van der Waals surface area (Å²) in [6, 6.07) is 9.76. The van der Waals surface area contributed by atoms with Gasteiger partial charge < -0.3 is 4.90 Å². The van der Waals surface area contributed by atoms with E-state index >= 15 is 0 Å². The average Bonchev–Trinajstić information content (AvgIpc) is 2.64. The number of halogens is 2. The molecule has 0 aromatic heterocycles. The van der Waals surface area contributed by atoms with Crippen LogP contribution in [0.4, 0.5) is 4.39 Å². The van der Waals surface area contributed by atoms with Crippen molar-refractivity contribution in [2.24, 2.45) is 0 Å². The number of sulfonamides is 1. The van der Waals surface area contributed by atoms with Gasteiger partial charge in [0.2, 0.25) is 15.9 Å². The van der Waals surface area contributed by atoms with E-state index in [1.807, 2.05) is 0 Å². The second kappa shape index (κ2) is 9.27. The first-order valence-electron chi connectivity index (χ1n) is 8.39. The summed E-state index contributed by atoms with van der Waals surface area (Å²) in [7, 11) is -2.32. The van der Waals surface area contributed by atoms with E-state index in [2.05, 4.69) is 4.72 Å². The number of carbonyl (C=O) groups excluding carboxylic acids is 2. The highest BCUT2D eigenvalue weighted by Crippen LogP contribution is 2.20. The molecule has 0 aliphatic carbocycles. The molecule has 0 aliphatic rings. The average molecular weight is 427 g/mol. The molecule has 2 aromatic rings. The van der Waals surface area contributed by atoms with Gasteiger partial charge in [0.1, 0.15) is 5.82 Å². The zero-order valence-corrected chi connectivity index (χ0v) is 17.0. The van der Waals surface area contributed by atoms with Crippen molar-refractivity contribution < 1.29 is 22.4 Å². The molecule has 0 saturated carbocycles. The number of amides is 1. The fraction of sp³-hybridized carbons (Fsp3) is 0.263. The van der Waals surface area contributed by atoms with E-state index in [0.717, 1.165) is 0 Å². The molecule has 0 bridgehead atoms. The predicted molar refractivity (Wildman–Crippen MR) is 104 cm³/mol. The van der Waals surface area contributed by atoms with Crippen molar-refractivity contribution in [2.45, 2.75) is 24.8 Å². The fourth-order valence-corrected chi connectivity index (χ4v) is 3.70. The van der Waals surface area contributed by atoms with Gasteiger partial charge in [-0.05, 0) is 31.2 Å². The molecule has 0 atom stereocenters. The van der Waals surface area contributed by atoms with Crippen LogP contribution in [0.25, 0.3) is 0 Å². The topological polar surface area (TPSA) is 83.5 Å². The van der Waals surface area contributed by atoms with Crippen LogP contribution in [-0.2, 0) is 21.4 Å². The Kier molecular flexibility index (Phi) is 7.29. The largest absolute Gasteiger partial charge is 0.341 e. The van der Waals surface area contributed by atoms with Crippen molar-refractivity contribution in [1.29, 1.82) is 0 Å². The summed E-state index contributed by atoms with van der Waals surface area (Å²) in [6.45, 7) is 1.24. The monoisotopic (exact) mass is 426 g/mol. The van der Waals surface area contributed by atoms with Crippen LogP contribution >= 0.6 is 11.6 Å². The second-order valence-corrected chi connectivity index (χ2v) is 8.35. The molecule has 150 valence electrons. The Morgan fingerprint density at radius 1 is 1.14 bits per heavy atom. The number of hydrogen-bond donors (Lipinski definition) is 1. The highest BCUT2D eigenvalue weighted by atomic mass is 35.5. The third-order valence-electron chi connectivity index (χ3n) is 4.08. The number of benzene rings is 2. The molecule has 2 aromatic carbocycles. The lowest BCUT2D eigenvalue weighted by molar-refractivity contribution is -0.130. The lowest BCUT2D eigenvalue weighted by atomic mass is 10.2. The Hall–Kier alpha value is -2.29. The van der Waals surface area contributed by atoms with Crippen LogP contribution in [0.1, 0.15) is 29.3 Å². The molecule has 28 heavy (non-hydrogen) atoms. The Bertz CT molecular complexity index is 958. The number of Topliss-reactive ketones (excluding diaryl/α,β-unsaturated/α-hetero) is 1. The minimum absolute atomic E-state index is 0.00329. The highest BCUT2D eigenvalue weighted by Gasteiger charge is 2.17. The minimum atomic E-state index is -3.81. The van der Waals surface area contributed by atoms with Crippen LogP contribution in [0.15, 0.2) is 47.4 Å². The molecule has 0 unspecified atom stereocenters. The maximum Gasteiger partial charge on any atom is 0.240 e. The molecule has 2 rings (SSSR count). The number of rotatable bonds is 8. The maximum absolute atomic E-state index is 13.8. The van der Waals surface area contributed by atoms with Gasteiger partial charge in [-0.2, -0.15) is 0 Å². The van der Waals surface area contributed by atoms with E-state index < -0.39 is 15.8 Å². The number of nitrogens with one attached hydrogen (secondary N) is 1. The number of ketones is 1. The van der Waals surface area contributed by atoms with Gasteiger partial charge in [-0.1, -0.05) is 29.8 Å². The van der Waals surface area contributed by atoms with Crippen molar-refractivity contribution in [2.75, 3.05) is 13.6 Å². The van der Waals surface area contributed by atoms with Gasteiger partial charge in [0, 0.05) is 42.7 Å². The Balaban J connectivity index is 1.92. The van der Waals surface area contributed by atoms with Crippen molar-refractivity contribution in [3.63, 3.8) is 0 Å². The molecule has 9 heteroatoms. The molecule has 0 heterocycles. The van der Waals surface area contributed by atoms with Gasteiger partial charge >= 0.3 is 0 Å². The second-order valence-electron chi connectivity index (χ2n) is 6.18. The molecule has 0 spiro atoms. The first kappa shape index (κ1) is 22.0. The van der Waals surface area contributed by atoms with E-state index in [-0.39, 0.29) is 46.7 Å². The molecular weight excluding hydrogens is 407 g/mol. The summed E-state index contributed by atoms with van der Waals surface area (Å²) in [4.78, 5) is 24.7. The summed E-state index contributed by atoms with van der Waals surface area (Å²) in [5.74, 6) is -1.05. The number of hydrogen-bond acceptors (Lipinski definition) is 4. The standard InChI is InChI=1S/C19H20ClFN2O4S/c1-13(24)14-6-8-15(9-7-14)28(26,27)22-11-10-19(25)23(2)12-16-17(20)4-3-5-18(16)21/h3-9,22H,10-12H2,1-2H3. The first-order valence-corrected chi connectivity index (χ1v) is 10.3. The van der Waals surface area contributed by atoms with Crippen LogP contribution in [0.5, 0.6) is 0 Å². The molecule has 0 fully saturated rings. The van der Waals surface area contributed by atoms with Gasteiger partial charge in [0.25, 0.3) is 0 Å². The highest BCUT2D eigenvalue weighted by molar-refractivity contribution is 7.89. The lowest BCUT2D eigenvalue weighted by Crippen LogP contribution is -2.32. The zero-order chi connectivity index (χ0) is 20.9. The molecule has 1 N–H and O–H groups in total. The normalized spacial score (nSPS) is 11.3. The molecular formula is C19H20ClFN2O4S. The Morgan fingerprint density at radius 2 is 1.79 bits per heavy atom. The summed E-state index contributed by atoms with van der Waals surface area (Å²) in [5, 5.41) is 0.217. The maximum atomic E-state index is 13.8. The van der Waals surface area contributed by atoms with Gasteiger partial charge in [-0.3, -0.25) is 9.59 Å². The SMILES string of the molecule is CC(=O)c1ccc(S(=O)(=O)NCCC(=O)N(C)Cc2c(F)cccc2Cl)cc1. The van der Waals surface area contributed by atoms with E-state index in [9.17, 15) is 22.4 Å². The number of carbonyl (C=O) groups is 2. The Labute approximate surface area is 168 Å². The van der Waals surface area contributed by atoms with E-state index in [0.29, 0.717) is 5.56 Å².